The summed E-state index contributed by atoms with van der Waals surface area (Å²) in [6.45, 7) is 3.89. The Kier molecular flexibility index (Phi) is 4.10. The molecule has 1 aromatic rings. The molecule has 2 heterocycles. The lowest BCUT2D eigenvalue weighted by Gasteiger charge is -2.09. The third-order valence-electron chi connectivity index (χ3n) is 2.09. The minimum absolute atomic E-state index is 0. The lowest BCUT2D eigenvalue weighted by Crippen LogP contribution is -2.21. The number of rotatable bonds is 2. The van der Waals surface area contributed by atoms with E-state index >= 15 is 0 Å². The Labute approximate surface area is 89.2 Å². The summed E-state index contributed by atoms with van der Waals surface area (Å²) in [4.78, 5) is 4.27. The summed E-state index contributed by atoms with van der Waals surface area (Å²) in [6, 6.07) is 0. The highest BCUT2D eigenvalue weighted by atomic mass is 35.5. The summed E-state index contributed by atoms with van der Waals surface area (Å²) in [7, 11) is 0. The molecule has 0 saturated heterocycles. The van der Waals surface area contributed by atoms with Gasteiger partial charge in [0.2, 0.25) is 0 Å². The predicted octanol–water partition coefficient (Wildman–Crippen LogP) is 1.43. The number of hydrogen-bond acceptors (Lipinski definition) is 4. The molecule has 0 amide bonds. The predicted molar refractivity (Wildman–Crippen MR) is 56.4 cm³/mol. The number of halogens is 1. The maximum atomic E-state index is 5.13. The maximum absolute atomic E-state index is 5.13. The molecule has 1 aliphatic rings. The zero-order chi connectivity index (χ0) is 9.10. The van der Waals surface area contributed by atoms with Gasteiger partial charge in [0.25, 0.3) is 5.89 Å². The zero-order valence-electron chi connectivity index (χ0n) is 8.12. The number of nitrogens with one attached hydrogen (secondary N) is 1. The van der Waals surface area contributed by atoms with E-state index < -0.39 is 0 Å². The molecular formula is C9H14ClN3O. The van der Waals surface area contributed by atoms with Crippen LogP contribution in [0, 0.1) is 0 Å². The first-order chi connectivity index (χ1) is 6.40. The number of aryl methyl sites for hydroxylation is 1. The molecule has 5 heteroatoms. The molecule has 0 aromatic carbocycles. The van der Waals surface area contributed by atoms with Crippen molar-refractivity contribution in [3.05, 3.63) is 17.8 Å². The quantitative estimate of drug-likeness (QED) is 0.811. The second-order valence-corrected chi connectivity index (χ2v) is 3.06. The average Bonchev–Trinajstić information content (AvgIpc) is 2.67. The third kappa shape index (κ3) is 2.33. The van der Waals surface area contributed by atoms with Gasteiger partial charge in [0.1, 0.15) is 0 Å². The number of nitrogens with zero attached hydrogens (tertiary/aromatic N) is 2. The summed E-state index contributed by atoms with van der Waals surface area (Å²) in [6.07, 6.45) is 4.02. The van der Waals surface area contributed by atoms with Crippen molar-refractivity contribution >= 4 is 18.0 Å². The highest BCUT2D eigenvalue weighted by Gasteiger charge is 2.12. The minimum Gasteiger partial charge on any atom is -0.334 e. The average molecular weight is 216 g/mol. The van der Waals surface area contributed by atoms with Crippen molar-refractivity contribution in [1.82, 2.24) is 15.5 Å². The van der Waals surface area contributed by atoms with E-state index in [4.69, 9.17) is 4.52 Å². The molecule has 0 unspecified atom stereocenters. The van der Waals surface area contributed by atoms with Crippen molar-refractivity contribution in [2.45, 2.75) is 19.8 Å². The Balaban J connectivity index is 0.000000980. The van der Waals surface area contributed by atoms with Gasteiger partial charge in [0, 0.05) is 18.5 Å². The highest BCUT2D eigenvalue weighted by Crippen LogP contribution is 2.14. The largest absolute Gasteiger partial charge is 0.334 e. The van der Waals surface area contributed by atoms with Gasteiger partial charge in [-0.3, -0.25) is 0 Å². The van der Waals surface area contributed by atoms with Gasteiger partial charge >= 0.3 is 0 Å². The Hall–Kier alpha value is -0.870. The zero-order valence-corrected chi connectivity index (χ0v) is 8.93. The molecule has 0 aliphatic carbocycles. The summed E-state index contributed by atoms with van der Waals surface area (Å²) in [5, 5.41) is 7.12. The second-order valence-electron chi connectivity index (χ2n) is 3.06. The summed E-state index contributed by atoms with van der Waals surface area (Å²) < 4.78 is 5.13. The van der Waals surface area contributed by atoms with Crippen molar-refractivity contribution in [3.8, 4) is 0 Å². The highest BCUT2D eigenvalue weighted by molar-refractivity contribution is 5.85. The first kappa shape index (κ1) is 11.2. The number of aromatic nitrogens is 2. The van der Waals surface area contributed by atoms with Crippen molar-refractivity contribution in [3.63, 3.8) is 0 Å². The van der Waals surface area contributed by atoms with E-state index in [2.05, 4.69) is 21.5 Å². The van der Waals surface area contributed by atoms with E-state index in [0.717, 1.165) is 37.3 Å². The van der Waals surface area contributed by atoms with E-state index in [1.165, 1.54) is 0 Å². The summed E-state index contributed by atoms with van der Waals surface area (Å²) in [5.74, 6) is 1.45. The van der Waals surface area contributed by atoms with Crippen LogP contribution in [0.15, 0.2) is 10.6 Å². The van der Waals surface area contributed by atoms with Gasteiger partial charge < -0.3 is 9.84 Å². The molecule has 0 spiro atoms. The molecule has 0 saturated carbocycles. The van der Waals surface area contributed by atoms with Crippen LogP contribution in [0.1, 0.15) is 25.1 Å². The first-order valence-electron chi connectivity index (χ1n) is 4.63. The van der Waals surface area contributed by atoms with Crippen LogP contribution >= 0.6 is 12.4 Å². The Morgan fingerprint density at radius 2 is 2.43 bits per heavy atom. The number of hydrogen-bond donors (Lipinski definition) is 1. The van der Waals surface area contributed by atoms with Crippen LogP contribution in [0.5, 0.6) is 0 Å². The lowest BCUT2D eigenvalue weighted by molar-refractivity contribution is 0.399. The smallest absolute Gasteiger partial charge is 0.254 e. The third-order valence-corrected chi connectivity index (χ3v) is 2.09. The van der Waals surface area contributed by atoms with Crippen LogP contribution in [0.2, 0.25) is 0 Å². The molecule has 0 atom stereocenters. The molecular weight excluding hydrogens is 202 g/mol. The fourth-order valence-electron chi connectivity index (χ4n) is 1.33. The van der Waals surface area contributed by atoms with Gasteiger partial charge in [-0.1, -0.05) is 18.2 Å². The van der Waals surface area contributed by atoms with Crippen molar-refractivity contribution in [1.29, 1.82) is 0 Å². The van der Waals surface area contributed by atoms with Crippen LogP contribution in [0.4, 0.5) is 0 Å². The van der Waals surface area contributed by atoms with E-state index in [-0.39, 0.29) is 12.4 Å². The van der Waals surface area contributed by atoms with Gasteiger partial charge in [-0.05, 0) is 13.0 Å². The molecule has 78 valence electrons. The fraction of sp³-hybridized carbons (Fsp3) is 0.556. The van der Waals surface area contributed by atoms with Crippen molar-refractivity contribution in [2.24, 2.45) is 0 Å². The molecule has 1 aromatic heterocycles. The van der Waals surface area contributed by atoms with E-state index in [1.54, 1.807) is 0 Å². The van der Waals surface area contributed by atoms with Crippen LogP contribution in [0.3, 0.4) is 0 Å². The molecule has 1 N–H and O–H groups in total. The molecule has 4 nitrogen and oxygen atoms in total. The SMILES string of the molecule is CCc1noc(C2=CCCNC2)n1.Cl. The lowest BCUT2D eigenvalue weighted by atomic mass is 10.1. The minimum atomic E-state index is 0. The molecule has 0 radical (unpaired) electrons. The maximum Gasteiger partial charge on any atom is 0.254 e. The van der Waals surface area contributed by atoms with Gasteiger partial charge in [0.05, 0.1) is 0 Å². The van der Waals surface area contributed by atoms with E-state index in [0.29, 0.717) is 5.89 Å². The van der Waals surface area contributed by atoms with E-state index in [9.17, 15) is 0 Å². The van der Waals surface area contributed by atoms with E-state index in [1.807, 2.05) is 6.92 Å². The van der Waals surface area contributed by atoms with Crippen molar-refractivity contribution < 1.29 is 4.52 Å². The Morgan fingerprint density at radius 3 is 3.00 bits per heavy atom. The standard InChI is InChI=1S/C9H13N3O.ClH/c1-2-8-11-9(13-12-8)7-4-3-5-10-6-7;/h4,10H,2-3,5-6H2,1H3;1H. The fourth-order valence-corrected chi connectivity index (χ4v) is 1.33. The van der Waals surface area contributed by atoms with Crippen LogP contribution < -0.4 is 5.32 Å². The molecule has 0 bridgehead atoms. The van der Waals surface area contributed by atoms with Gasteiger partial charge in [-0.2, -0.15) is 4.98 Å². The molecule has 2 rings (SSSR count). The van der Waals surface area contributed by atoms with Gasteiger partial charge in [-0.15, -0.1) is 12.4 Å². The topological polar surface area (TPSA) is 51.0 Å². The summed E-state index contributed by atoms with van der Waals surface area (Å²) >= 11 is 0. The van der Waals surface area contributed by atoms with Crippen LogP contribution in [0.25, 0.3) is 5.57 Å². The Bertz CT molecular complexity index is 322. The van der Waals surface area contributed by atoms with Crippen LogP contribution in [-0.4, -0.2) is 23.2 Å². The Morgan fingerprint density at radius 1 is 1.57 bits per heavy atom. The van der Waals surface area contributed by atoms with Crippen molar-refractivity contribution in [2.75, 3.05) is 13.1 Å². The first-order valence-corrected chi connectivity index (χ1v) is 4.63. The monoisotopic (exact) mass is 215 g/mol. The molecule has 14 heavy (non-hydrogen) atoms. The second kappa shape index (κ2) is 5.12. The normalized spacial score (nSPS) is 15.9. The summed E-state index contributed by atoms with van der Waals surface area (Å²) in [5.41, 5.74) is 1.12. The van der Waals surface area contributed by atoms with Gasteiger partial charge in [0.15, 0.2) is 5.82 Å². The molecule has 0 fully saturated rings. The van der Waals surface area contributed by atoms with Crippen LogP contribution in [-0.2, 0) is 6.42 Å². The van der Waals surface area contributed by atoms with Gasteiger partial charge in [-0.25, -0.2) is 0 Å². The molecule has 1 aliphatic heterocycles.